The molecule has 2 heterocycles. The minimum absolute atomic E-state index is 0.175. The standard InChI is InChI=1S/C24H24FN3O3/c25-18-12-17-15-27(14-16-6-8-19(9-7-16)28-11-3-10-26-28)24(30)23(17)22(13-18)31-21-5-2-1-4-20(21)29/h3,6-13,20-21,29H,1-2,4-5,14-15H2. The monoisotopic (exact) mass is 421 g/mol. The van der Waals surface area contributed by atoms with Crippen LogP contribution in [0.5, 0.6) is 5.75 Å². The Morgan fingerprint density at radius 3 is 2.71 bits per heavy atom. The number of ether oxygens (including phenoxy) is 1. The number of hydrogen-bond acceptors (Lipinski definition) is 4. The van der Waals surface area contributed by atoms with Crippen LogP contribution < -0.4 is 4.74 Å². The molecule has 7 heteroatoms. The average Bonchev–Trinajstić information content (AvgIpc) is 3.39. The number of hydrogen-bond donors (Lipinski definition) is 1. The summed E-state index contributed by atoms with van der Waals surface area (Å²) in [5, 5.41) is 14.4. The molecule has 1 fully saturated rings. The lowest BCUT2D eigenvalue weighted by atomic mass is 9.94. The summed E-state index contributed by atoms with van der Waals surface area (Å²) in [7, 11) is 0. The van der Waals surface area contributed by atoms with Gasteiger partial charge in [0.05, 0.1) is 17.4 Å². The van der Waals surface area contributed by atoms with Crippen molar-refractivity contribution in [3.63, 3.8) is 0 Å². The molecule has 0 radical (unpaired) electrons. The Bertz CT molecular complexity index is 1080. The maximum Gasteiger partial charge on any atom is 0.258 e. The molecule has 0 spiro atoms. The molecule has 2 aliphatic rings. The van der Waals surface area contributed by atoms with E-state index in [2.05, 4.69) is 5.10 Å². The number of aliphatic hydroxyl groups excluding tert-OH is 1. The molecular formula is C24H24FN3O3. The highest BCUT2D eigenvalue weighted by Gasteiger charge is 2.34. The second-order valence-electron chi connectivity index (χ2n) is 8.22. The lowest BCUT2D eigenvalue weighted by Gasteiger charge is -2.28. The summed E-state index contributed by atoms with van der Waals surface area (Å²) in [6.45, 7) is 0.746. The van der Waals surface area contributed by atoms with Crippen LogP contribution in [0.4, 0.5) is 4.39 Å². The fourth-order valence-corrected chi connectivity index (χ4v) is 4.43. The zero-order valence-electron chi connectivity index (χ0n) is 17.1. The topological polar surface area (TPSA) is 67.6 Å². The first-order chi connectivity index (χ1) is 15.1. The van der Waals surface area contributed by atoms with Crippen LogP contribution in [-0.4, -0.2) is 37.9 Å². The lowest BCUT2D eigenvalue weighted by Crippen LogP contribution is -2.35. The minimum atomic E-state index is -0.589. The molecule has 2 atom stereocenters. The Kier molecular flexibility index (Phi) is 5.19. The van der Waals surface area contributed by atoms with Crippen molar-refractivity contribution in [3.8, 4) is 11.4 Å². The molecule has 2 aromatic carbocycles. The first-order valence-electron chi connectivity index (χ1n) is 10.6. The third-order valence-corrected chi connectivity index (χ3v) is 6.04. The van der Waals surface area contributed by atoms with Gasteiger partial charge in [0.15, 0.2) is 0 Å². The molecule has 160 valence electrons. The van der Waals surface area contributed by atoms with Gasteiger partial charge < -0.3 is 14.7 Å². The molecule has 1 amide bonds. The highest BCUT2D eigenvalue weighted by molar-refractivity contribution is 6.01. The Hall–Kier alpha value is -3.19. The van der Waals surface area contributed by atoms with Crippen LogP contribution in [-0.2, 0) is 13.1 Å². The number of benzene rings is 2. The Morgan fingerprint density at radius 2 is 1.97 bits per heavy atom. The van der Waals surface area contributed by atoms with Gasteiger partial charge in [-0.2, -0.15) is 5.10 Å². The molecular weight excluding hydrogens is 397 g/mol. The van der Waals surface area contributed by atoms with Crippen molar-refractivity contribution in [2.24, 2.45) is 0 Å². The maximum atomic E-state index is 14.3. The molecule has 2 unspecified atom stereocenters. The second-order valence-corrected chi connectivity index (χ2v) is 8.22. The third-order valence-electron chi connectivity index (χ3n) is 6.04. The third kappa shape index (κ3) is 3.93. The summed E-state index contributed by atoms with van der Waals surface area (Å²) in [5.74, 6) is -0.369. The average molecular weight is 421 g/mol. The van der Waals surface area contributed by atoms with Crippen molar-refractivity contribution >= 4 is 5.91 Å². The molecule has 1 aliphatic carbocycles. The fraction of sp³-hybridized carbons (Fsp3) is 0.333. The van der Waals surface area contributed by atoms with Crippen molar-refractivity contribution in [3.05, 3.63) is 77.4 Å². The normalized spacial score (nSPS) is 20.7. The number of halogens is 1. The first kappa shape index (κ1) is 19.8. The van der Waals surface area contributed by atoms with E-state index in [1.54, 1.807) is 15.8 Å². The van der Waals surface area contributed by atoms with Gasteiger partial charge in [-0.15, -0.1) is 0 Å². The van der Waals surface area contributed by atoms with E-state index >= 15 is 0 Å². The van der Waals surface area contributed by atoms with E-state index in [9.17, 15) is 14.3 Å². The largest absolute Gasteiger partial charge is 0.487 e. The molecule has 0 bridgehead atoms. The van der Waals surface area contributed by atoms with Gasteiger partial charge in [0.2, 0.25) is 0 Å². The molecule has 0 saturated heterocycles. The number of rotatable bonds is 5. The molecule has 1 N–H and O–H groups in total. The van der Waals surface area contributed by atoms with E-state index in [0.29, 0.717) is 37.1 Å². The van der Waals surface area contributed by atoms with E-state index in [1.807, 2.05) is 36.5 Å². The first-order valence-corrected chi connectivity index (χ1v) is 10.6. The summed E-state index contributed by atoms with van der Waals surface area (Å²) in [6.07, 6.45) is 5.87. The van der Waals surface area contributed by atoms with Crippen LogP contribution in [0.15, 0.2) is 54.9 Å². The van der Waals surface area contributed by atoms with E-state index in [4.69, 9.17) is 4.74 Å². The van der Waals surface area contributed by atoms with Gasteiger partial charge in [-0.05, 0) is 54.7 Å². The quantitative estimate of drug-likeness (QED) is 0.680. The molecule has 1 aromatic heterocycles. The number of aliphatic hydroxyl groups is 1. The summed E-state index contributed by atoms with van der Waals surface area (Å²) in [6, 6.07) is 12.4. The molecule has 6 nitrogen and oxygen atoms in total. The predicted octanol–water partition coefficient (Wildman–Crippen LogP) is 3.85. The lowest BCUT2D eigenvalue weighted by molar-refractivity contribution is 0.00622. The van der Waals surface area contributed by atoms with Crippen LogP contribution in [0.1, 0.15) is 47.2 Å². The van der Waals surface area contributed by atoms with Crippen LogP contribution >= 0.6 is 0 Å². The van der Waals surface area contributed by atoms with Crippen LogP contribution in [0.25, 0.3) is 5.69 Å². The van der Waals surface area contributed by atoms with E-state index in [-0.39, 0.29) is 11.7 Å². The van der Waals surface area contributed by atoms with Crippen LogP contribution in [0.3, 0.4) is 0 Å². The van der Waals surface area contributed by atoms with E-state index in [0.717, 1.165) is 24.1 Å². The smallest absolute Gasteiger partial charge is 0.258 e. The minimum Gasteiger partial charge on any atom is -0.487 e. The van der Waals surface area contributed by atoms with Gasteiger partial charge in [-0.1, -0.05) is 18.6 Å². The number of carbonyl (C=O) groups is 1. The molecule has 1 saturated carbocycles. The second kappa shape index (κ2) is 8.15. The van der Waals surface area contributed by atoms with Gasteiger partial charge in [0.1, 0.15) is 17.7 Å². The number of carbonyl (C=O) groups excluding carboxylic acids is 1. The number of amides is 1. The maximum absolute atomic E-state index is 14.3. The van der Waals surface area contributed by atoms with Gasteiger partial charge in [0, 0.05) is 31.5 Å². The zero-order valence-corrected chi connectivity index (χ0v) is 17.1. The van der Waals surface area contributed by atoms with Gasteiger partial charge in [-0.3, -0.25) is 4.79 Å². The number of fused-ring (bicyclic) bond motifs is 1. The zero-order chi connectivity index (χ0) is 21.4. The van der Waals surface area contributed by atoms with Crippen LogP contribution in [0, 0.1) is 5.82 Å². The molecule has 3 aromatic rings. The highest BCUT2D eigenvalue weighted by atomic mass is 19.1. The van der Waals surface area contributed by atoms with Gasteiger partial charge >= 0.3 is 0 Å². The Morgan fingerprint density at radius 1 is 1.16 bits per heavy atom. The Labute approximate surface area is 179 Å². The summed E-state index contributed by atoms with van der Waals surface area (Å²) in [5.41, 5.74) is 2.95. The molecule has 31 heavy (non-hydrogen) atoms. The number of nitrogens with zero attached hydrogens (tertiary/aromatic N) is 3. The van der Waals surface area contributed by atoms with Crippen molar-refractivity contribution in [1.82, 2.24) is 14.7 Å². The van der Waals surface area contributed by atoms with Gasteiger partial charge in [0.25, 0.3) is 5.91 Å². The summed E-state index contributed by atoms with van der Waals surface area (Å²) >= 11 is 0. The number of aromatic nitrogens is 2. The van der Waals surface area contributed by atoms with Crippen molar-refractivity contribution in [2.45, 2.75) is 51.0 Å². The van der Waals surface area contributed by atoms with Crippen molar-refractivity contribution in [2.75, 3.05) is 0 Å². The molecule has 1 aliphatic heterocycles. The van der Waals surface area contributed by atoms with Crippen molar-refractivity contribution < 1.29 is 19.0 Å². The summed E-state index contributed by atoms with van der Waals surface area (Å²) < 4.78 is 22.0. The van der Waals surface area contributed by atoms with Gasteiger partial charge in [-0.25, -0.2) is 9.07 Å². The predicted molar refractivity (Wildman–Crippen MR) is 112 cm³/mol. The molecule has 5 rings (SSSR count). The fourth-order valence-electron chi connectivity index (χ4n) is 4.43. The highest BCUT2D eigenvalue weighted by Crippen LogP contribution is 2.35. The SMILES string of the molecule is O=C1c2c(cc(F)cc2OC2CCCCC2O)CN1Cc1ccc(-n2cccn2)cc1. The summed E-state index contributed by atoms with van der Waals surface area (Å²) in [4.78, 5) is 14.8. The Balaban J connectivity index is 1.34. The van der Waals surface area contributed by atoms with Crippen molar-refractivity contribution in [1.29, 1.82) is 0 Å². The van der Waals surface area contributed by atoms with Crippen LogP contribution in [0.2, 0.25) is 0 Å². The van der Waals surface area contributed by atoms with E-state index < -0.39 is 18.0 Å². The van der Waals surface area contributed by atoms with E-state index in [1.165, 1.54) is 12.1 Å².